The fourth-order valence-electron chi connectivity index (χ4n) is 2.18. The first-order chi connectivity index (χ1) is 7.33. The SMILES string of the molecule is CC1CNCC1c1ccccc1N=C=S. The average Bonchev–Trinajstić information content (AvgIpc) is 2.66. The first kappa shape index (κ1) is 10.5. The Balaban J connectivity index is 2.38. The van der Waals surface area contributed by atoms with Crippen LogP contribution in [0.15, 0.2) is 29.3 Å². The van der Waals surface area contributed by atoms with Crippen LogP contribution < -0.4 is 5.32 Å². The van der Waals surface area contributed by atoms with E-state index in [4.69, 9.17) is 0 Å². The minimum atomic E-state index is 0.549. The van der Waals surface area contributed by atoms with Crippen molar-refractivity contribution in [3.8, 4) is 0 Å². The largest absolute Gasteiger partial charge is 0.316 e. The highest BCUT2D eigenvalue weighted by molar-refractivity contribution is 7.78. The molecule has 15 heavy (non-hydrogen) atoms. The predicted molar refractivity (Wildman–Crippen MR) is 65.9 cm³/mol. The minimum Gasteiger partial charge on any atom is -0.316 e. The molecular formula is C12H14N2S. The van der Waals surface area contributed by atoms with E-state index in [0.29, 0.717) is 11.8 Å². The second-order valence-corrected chi connectivity index (χ2v) is 4.19. The number of nitrogens with zero attached hydrogens (tertiary/aromatic N) is 1. The summed E-state index contributed by atoms with van der Waals surface area (Å²) in [6, 6.07) is 8.18. The maximum absolute atomic E-state index is 4.67. The highest BCUT2D eigenvalue weighted by Crippen LogP contribution is 2.33. The van der Waals surface area contributed by atoms with Gasteiger partial charge in [-0.1, -0.05) is 25.1 Å². The van der Waals surface area contributed by atoms with Gasteiger partial charge in [-0.25, -0.2) is 0 Å². The lowest BCUT2D eigenvalue weighted by Gasteiger charge is -2.15. The Morgan fingerprint density at radius 1 is 1.40 bits per heavy atom. The van der Waals surface area contributed by atoms with Crippen LogP contribution in [0.3, 0.4) is 0 Å². The van der Waals surface area contributed by atoms with Crippen molar-refractivity contribution in [2.24, 2.45) is 10.9 Å². The van der Waals surface area contributed by atoms with E-state index in [1.807, 2.05) is 12.1 Å². The summed E-state index contributed by atoms with van der Waals surface area (Å²) in [5.41, 5.74) is 2.25. The van der Waals surface area contributed by atoms with Crippen molar-refractivity contribution >= 4 is 23.1 Å². The van der Waals surface area contributed by atoms with E-state index in [9.17, 15) is 0 Å². The van der Waals surface area contributed by atoms with Crippen LogP contribution in [-0.4, -0.2) is 18.3 Å². The zero-order valence-electron chi connectivity index (χ0n) is 8.73. The average molecular weight is 218 g/mol. The van der Waals surface area contributed by atoms with Gasteiger partial charge in [-0.3, -0.25) is 0 Å². The van der Waals surface area contributed by atoms with Crippen molar-refractivity contribution in [1.29, 1.82) is 0 Å². The van der Waals surface area contributed by atoms with Crippen molar-refractivity contribution in [1.82, 2.24) is 5.32 Å². The smallest absolute Gasteiger partial charge is 0.0774 e. The van der Waals surface area contributed by atoms with Crippen LogP contribution in [0.4, 0.5) is 5.69 Å². The van der Waals surface area contributed by atoms with Gasteiger partial charge in [0.25, 0.3) is 0 Å². The molecule has 0 amide bonds. The summed E-state index contributed by atoms with van der Waals surface area (Å²) in [5, 5.41) is 5.85. The molecule has 0 saturated carbocycles. The standard InChI is InChI=1S/C12H14N2S/c1-9-6-13-7-11(9)10-4-2-3-5-12(10)14-8-15/h2-5,9,11,13H,6-7H2,1H3. The maximum atomic E-state index is 4.67. The van der Waals surface area contributed by atoms with Gasteiger partial charge in [0.1, 0.15) is 0 Å². The van der Waals surface area contributed by atoms with Gasteiger partial charge in [-0.05, 0) is 36.3 Å². The molecule has 2 atom stereocenters. The van der Waals surface area contributed by atoms with Crippen molar-refractivity contribution in [2.75, 3.05) is 13.1 Å². The first-order valence-electron chi connectivity index (χ1n) is 5.20. The number of para-hydroxylation sites is 1. The summed E-state index contributed by atoms with van der Waals surface area (Å²) in [6.45, 7) is 4.38. The summed E-state index contributed by atoms with van der Waals surface area (Å²) < 4.78 is 0. The molecule has 1 aromatic rings. The molecule has 1 aromatic carbocycles. The van der Waals surface area contributed by atoms with Gasteiger partial charge < -0.3 is 5.32 Å². The Bertz CT molecular complexity index is 396. The topological polar surface area (TPSA) is 24.4 Å². The lowest BCUT2D eigenvalue weighted by molar-refractivity contribution is 0.573. The summed E-state index contributed by atoms with van der Waals surface area (Å²) in [7, 11) is 0. The third-order valence-electron chi connectivity index (χ3n) is 3.02. The predicted octanol–water partition coefficient (Wildman–Crippen LogP) is 2.74. The molecule has 0 bridgehead atoms. The number of hydrogen-bond acceptors (Lipinski definition) is 3. The molecule has 0 spiro atoms. The van der Waals surface area contributed by atoms with E-state index in [-0.39, 0.29) is 0 Å². The molecule has 1 aliphatic heterocycles. The number of aliphatic imine (C=N–C) groups is 1. The van der Waals surface area contributed by atoms with Crippen LogP contribution in [0.2, 0.25) is 0 Å². The van der Waals surface area contributed by atoms with Crippen molar-refractivity contribution < 1.29 is 0 Å². The lowest BCUT2D eigenvalue weighted by atomic mass is 9.89. The highest BCUT2D eigenvalue weighted by atomic mass is 32.1. The van der Waals surface area contributed by atoms with E-state index in [1.165, 1.54) is 5.56 Å². The lowest BCUT2D eigenvalue weighted by Crippen LogP contribution is -2.08. The van der Waals surface area contributed by atoms with E-state index >= 15 is 0 Å². The van der Waals surface area contributed by atoms with Gasteiger partial charge >= 0.3 is 0 Å². The molecular weight excluding hydrogens is 204 g/mol. The third-order valence-corrected chi connectivity index (χ3v) is 3.11. The zero-order valence-corrected chi connectivity index (χ0v) is 9.55. The molecule has 0 aliphatic carbocycles. The molecule has 1 saturated heterocycles. The third kappa shape index (κ3) is 2.15. The van der Waals surface area contributed by atoms with Gasteiger partial charge in [0, 0.05) is 12.5 Å². The number of nitrogens with one attached hydrogen (secondary N) is 1. The van der Waals surface area contributed by atoms with Crippen LogP contribution in [0.1, 0.15) is 18.4 Å². The van der Waals surface area contributed by atoms with Gasteiger partial charge in [-0.2, -0.15) is 4.99 Å². The molecule has 1 heterocycles. The molecule has 2 rings (SSSR count). The van der Waals surface area contributed by atoms with Crippen LogP contribution in [0.25, 0.3) is 0 Å². The molecule has 0 radical (unpaired) electrons. The molecule has 2 nitrogen and oxygen atoms in total. The number of isothiocyanates is 1. The fourth-order valence-corrected chi connectivity index (χ4v) is 2.28. The fraction of sp³-hybridized carbons (Fsp3) is 0.417. The second kappa shape index (κ2) is 4.67. The molecule has 2 unspecified atom stereocenters. The van der Waals surface area contributed by atoms with Crippen LogP contribution >= 0.6 is 12.2 Å². The van der Waals surface area contributed by atoms with Crippen LogP contribution in [-0.2, 0) is 0 Å². The normalized spacial score (nSPS) is 24.9. The molecule has 1 N–H and O–H groups in total. The Hall–Kier alpha value is -1.02. The van der Waals surface area contributed by atoms with Crippen molar-refractivity contribution in [3.05, 3.63) is 29.8 Å². The highest BCUT2D eigenvalue weighted by Gasteiger charge is 2.26. The Kier molecular flexibility index (Phi) is 3.27. The quantitative estimate of drug-likeness (QED) is 0.609. The Labute approximate surface area is 95.4 Å². The van der Waals surface area contributed by atoms with Gasteiger partial charge in [0.15, 0.2) is 0 Å². The van der Waals surface area contributed by atoms with E-state index in [1.54, 1.807) is 0 Å². The maximum Gasteiger partial charge on any atom is 0.0774 e. The van der Waals surface area contributed by atoms with Gasteiger partial charge in [-0.15, -0.1) is 0 Å². The van der Waals surface area contributed by atoms with Gasteiger partial charge in [0.2, 0.25) is 0 Å². The summed E-state index contributed by atoms with van der Waals surface area (Å²) in [6.07, 6.45) is 0. The van der Waals surface area contributed by atoms with E-state index in [0.717, 1.165) is 18.8 Å². The Morgan fingerprint density at radius 3 is 2.87 bits per heavy atom. The first-order valence-corrected chi connectivity index (χ1v) is 5.61. The molecule has 3 heteroatoms. The summed E-state index contributed by atoms with van der Waals surface area (Å²) in [4.78, 5) is 4.12. The molecule has 78 valence electrons. The van der Waals surface area contributed by atoms with Crippen molar-refractivity contribution in [2.45, 2.75) is 12.8 Å². The van der Waals surface area contributed by atoms with Crippen LogP contribution in [0.5, 0.6) is 0 Å². The minimum absolute atomic E-state index is 0.549. The monoisotopic (exact) mass is 218 g/mol. The number of rotatable bonds is 2. The number of thiocarbonyl (C=S) groups is 1. The second-order valence-electron chi connectivity index (χ2n) is 4.00. The summed E-state index contributed by atoms with van der Waals surface area (Å²) >= 11 is 4.67. The number of hydrogen-bond donors (Lipinski definition) is 1. The summed E-state index contributed by atoms with van der Waals surface area (Å²) in [5.74, 6) is 1.21. The molecule has 1 fully saturated rings. The van der Waals surface area contributed by atoms with Crippen LogP contribution in [0, 0.1) is 5.92 Å². The zero-order chi connectivity index (χ0) is 10.7. The Morgan fingerprint density at radius 2 is 2.20 bits per heavy atom. The molecule has 0 aromatic heterocycles. The molecule has 1 aliphatic rings. The number of benzene rings is 1. The van der Waals surface area contributed by atoms with E-state index < -0.39 is 0 Å². The van der Waals surface area contributed by atoms with Crippen molar-refractivity contribution in [3.63, 3.8) is 0 Å². The van der Waals surface area contributed by atoms with Gasteiger partial charge in [0.05, 0.1) is 10.8 Å². The van der Waals surface area contributed by atoms with E-state index in [2.05, 4.69) is 46.7 Å².